The van der Waals surface area contributed by atoms with Crippen molar-refractivity contribution >= 4 is 5.82 Å². The molecule has 130 valence electrons. The normalized spacial score (nSPS) is 16.6. The Balaban J connectivity index is 1.54. The van der Waals surface area contributed by atoms with Crippen LogP contribution < -0.4 is 4.90 Å². The van der Waals surface area contributed by atoms with Gasteiger partial charge in [-0.3, -0.25) is 4.90 Å². The summed E-state index contributed by atoms with van der Waals surface area (Å²) in [6.45, 7) is 5.44. The first-order valence-electron chi connectivity index (χ1n) is 7.77. The van der Waals surface area contributed by atoms with Gasteiger partial charge in [-0.25, -0.2) is 4.98 Å². The maximum Gasteiger partial charge on any atom is 0.417 e. The molecule has 6 nitrogen and oxygen atoms in total. The lowest BCUT2D eigenvalue weighted by Gasteiger charge is -2.34. The van der Waals surface area contributed by atoms with Gasteiger partial charge in [0.15, 0.2) is 5.82 Å². The Morgan fingerprint density at radius 2 is 1.92 bits per heavy atom. The van der Waals surface area contributed by atoms with E-state index in [2.05, 4.69) is 20.0 Å². The minimum atomic E-state index is -4.36. The molecular formula is C15H18F3N5O. The maximum absolute atomic E-state index is 12.6. The fourth-order valence-corrected chi connectivity index (χ4v) is 2.57. The van der Waals surface area contributed by atoms with Crippen LogP contribution in [-0.2, 0) is 19.1 Å². The Hall–Kier alpha value is -2.16. The molecule has 2 aromatic rings. The Morgan fingerprint density at radius 1 is 1.17 bits per heavy atom. The molecule has 2 aromatic heterocycles. The number of alkyl halides is 3. The third kappa shape index (κ3) is 3.84. The third-order valence-corrected chi connectivity index (χ3v) is 3.96. The quantitative estimate of drug-likeness (QED) is 0.851. The lowest BCUT2D eigenvalue weighted by atomic mass is 10.2. The molecule has 0 amide bonds. The molecule has 0 saturated carbocycles. The molecule has 1 aliphatic rings. The molecule has 1 saturated heterocycles. The monoisotopic (exact) mass is 341 g/mol. The number of hydrogen-bond donors (Lipinski definition) is 0. The van der Waals surface area contributed by atoms with Gasteiger partial charge in [-0.2, -0.15) is 18.2 Å². The molecule has 0 spiro atoms. The number of pyridine rings is 1. The van der Waals surface area contributed by atoms with E-state index in [4.69, 9.17) is 4.52 Å². The van der Waals surface area contributed by atoms with Gasteiger partial charge in [0.25, 0.3) is 0 Å². The van der Waals surface area contributed by atoms with Crippen molar-refractivity contribution < 1.29 is 17.7 Å². The first kappa shape index (κ1) is 16.7. The van der Waals surface area contributed by atoms with Gasteiger partial charge < -0.3 is 9.42 Å². The summed E-state index contributed by atoms with van der Waals surface area (Å²) in [7, 11) is 0. The standard InChI is InChI=1S/C15H18F3N5O/c1-2-12-20-14(24-21-12)10-22-5-7-23(8-6-22)13-4-3-11(9-19-13)15(16,17)18/h3-4,9H,2,5-8,10H2,1H3. The molecule has 0 bridgehead atoms. The van der Waals surface area contributed by atoms with Crippen molar-refractivity contribution in [2.24, 2.45) is 0 Å². The van der Waals surface area contributed by atoms with E-state index >= 15 is 0 Å². The molecule has 0 N–H and O–H groups in total. The molecule has 0 radical (unpaired) electrons. The minimum Gasteiger partial charge on any atom is -0.354 e. The fraction of sp³-hybridized carbons (Fsp3) is 0.533. The Morgan fingerprint density at radius 3 is 2.46 bits per heavy atom. The molecule has 0 unspecified atom stereocenters. The van der Waals surface area contributed by atoms with Crippen LogP contribution in [0.5, 0.6) is 0 Å². The molecule has 3 rings (SSSR count). The highest BCUT2D eigenvalue weighted by Gasteiger charge is 2.31. The van der Waals surface area contributed by atoms with Crippen molar-refractivity contribution in [3.63, 3.8) is 0 Å². The number of nitrogens with zero attached hydrogens (tertiary/aromatic N) is 5. The van der Waals surface area contributed by atoms with Gasteiger partial charge >= 0.3 is 6.18 Å². The molecule has 9 heteroatoms. The van der Waals surface area contributed by atoms with Gasteiger partial charge in [-0.1, -0.05) is 12.1 Å². The summed E-state index contributed by atoms with van der Waals surface area (Å²) in [6, 6.07) is 2.49. The highest BCUT2D eigenvalue weighted by atomic mass is 19.4. The van der Waals surface area contributed by atoms with E-state index in [1.807, 2.05) is 11.8 Å². The van der Waals surface area contributed by atoms with Crippen LogP contribution in [0.1, 0.15) is 24.2 Å². The number of aromatic nitrogens is 3. The van der Waals surface area contributed by atoms with Crippen LogP contribution >= 0.6 is 0 Å². The van der Waals surface area contributed by atoms with Gasteiger partial charge in [0, 0.05) is 38.8 Å². The number of hydrogen-bond acceptors (Lipinski definition) is 6. The van der Waals surface area contributed by atoms with Gasteiger partial charge in [0.1, 0.15) is 5.82 Å². The molecule has 3 heterocycles. The van der Waals surface area contributed by atoms with E-state index in [9.17, 15) is 13.2 Å². The summed E-state index contributed by atoms with van der Waals surface area (Å²) < 4.78 is 42.9. The van der Waals surface area contributed by atoms with E-state index < -0.39 is 11.7 Å². The van der Waals surface area contributed by atoms with Crippen LogP contribution in [0, 0.1) is 0 Å². The lowest BCUT2D eigenvalue weighted by molar-refractivity contribution is -0.137. The summed E-state index contributed by atoms with van der Waals surface area (Å²) in [6.07, 6.45) is -2.74. The summed E-state index contributed by atoms with van der Waals surface area (Å²) in [5.41, 5.74) is -0.729. The van der Waals surface area contributed by atoms with Crippen molar-refractivity contribution in [1.82, 2.24) is 20.0 Å². The van der Waals surface area contributed by atoms with Crippen molar-refractivity contribution in [2.75, 3.05) is 31.1 Å². The van der Waals surface area contributed by atoms with Gasteiger partial charge in [0.2, 0.25) is 5.89 Å². The number of anilines is 1. The van der Waals surface area contributed by atoms with Gasteiger partial charge in [-0.05, 0) is 12.1 Å². The number of aryl methyl sites for hydroxylation is 1. The molecule has 0 aromatic carbocycles. The van der Waals surface area contributed by atoms with Crippen LogP contribution in [0.4, 0.5) is 19.0 Å². The van der Waals surface area contributed by atoms with Gasteiger partial charge in [-0.15, -0.1) is 0 Å². The number of halogens is 3. The average molecular weight is 341 g/mol. The zero-order chi connectivity index (χ0) is 17.2. The van der Waals surface area contributed by atoms with Crippen LogP contribution in [0.25, 0.3) is 0 Å². The highest BCUT2D eigenvalue weighted by molar-refractivity contribution is 5.40. The molecule has 1 fully saturated rings. The smallest absolute Gasteiger partial charge is 0.354 e. The lowest BCUT2D eigenvalue weighted by Crippen LogP contribution is -2.46. The van der Waals surface area contributed by atoms with E-state index in [0.29, 0.717) is 37.2 Å². The van der Waals surface area contributed by atoms with Crippen LogP contribution in [0.15, 0.2) is 22.9 Å². The summed E-state index contributed by atoms with van der Waals surface area (Å²) in [5.74, 6) is 1.85. The molecule has 0 atom stereocenters. The number of rotatable bonds is 4. The predicted molar refractivity (Wildman–Crippen MR) is 80.4 cm³/mol. The largest absolute Gasteiger partial charge is 0.417 e. The summed E-state index contributed by atoms with van der Waals surface area (Å²) >= 11 is 0. The van der Waals surface area contributed by atoms with Crippen molar-refractivity contribution in [1.29, 1.82) is 0 Å². The molecule has 0 aliphatic carbocycles. The average Bonchev–Trinajstić information content (AvgIpc) is 3.02. The topological polar surface area (TPSA) is 58.3 Å². The predicted octanol–water partition coefficient (Wildman–Crippen LogP) is 2.37. The second kappa shape index (κ2) is 6.76. The van der Waals surface area contributed by atoms with Crippen LogP contribution in [0.2, 0.25) is 0 Å². The minimum absolute atomic E-state index is 0.564. The van der Waals surface area contributed by atoms with E-state index in [0.717, 1.165) is 31.8 Å². The number of piperazine rings is 1. The summed E-state index contributed by atoms with van der Waals surface area (Å²) in [5, 5.41) is 3.87. The highest BCUT2D eigenvalue weighted by Crippen LogP contribution is 2.29. The van der Waals surface area contributed by atoms with E-state index in [-0.39, 0.29) is 0 Å². The second-order valence-corrected chi connectivity index (χ2v) is 5.62. The first-order valence-corrected chi connectivity index (χ1v) is 7.77. The molecular weight excluding hydrogens is 323 g/mol. The Bertz CT molecular complexity index is 662. The second-order valence-electron chi connectivity index (χ2n) is 5.62. The summed E-state index contributed by atoms with van der Waals surface area (Å²) in [4.78, 5) is 12.4. The van der Waals surface area contributed by atoms with Crippen molar-refractivity contribution in [3.8, 4) is 0 Å². The van der Waals surface area contributed by atoms with Crippen LogP contribution in [0.3, 0.4) is 0 Å². The van der Waals surface area contributed by atoms with Gasteiger partial charge in [0.05, 0.1) is 12.1 Å². The maximum atomic E-state index is 12.6. The van der Waals surface area contributed by atoms with Crippen molar-refractivity contribution in [2.45, 2.75) is 26.1 Å². The SMILES string of the molecule is CCc1noc(CN2CCN(c3ccc(C(F)(F)F)cn3)CC2)n1. The molecule has 24 heavy (non-hydrogen) atoms. The fourth-order valence-electron chi connectivity index (χ4n) is 2.57. The Kier molecular flexibility index (Phi) is 4.70. The van der Waals surface area contributed by atoms with Crippen LogP contribution in [-0.4, -0.2) is 46.2 Å². The third-order valence-electron chi connectivity index (χ3n) is 3.96. The zero-order valence-corrected chi connectivity index (χ0v) is 13.3. The Labute approximate surface area is 137 Å². The first-order chi connectivity index (χ1) is 11.5. The van der Waals surface area contributed by atoms with E-state index in [1.165, 1.54) is 6.07 Å². The van der Waals surface area contributed by atoms with Crippen molar-refractivity contribution in [3.05, 3.63) is 35.6 Å². The zero-order valence-electron chi connectivity index (χ0n) is 13.3. The molecule has 1 aliphatic heterocycles. The van der Waals surface area contributed by atoms with E-state index in [1.54, 1.807) is 0 Å².